The van der Waals surface area contributed by atoms with Gasteiger partial charge in [0, 0.05) is 17.7 Å². The van der Waals surface area contributed by atoms with E-state index in [4.69, 9.17) is 9.73 Å². The Morgan fingerprint density at radius 1 is 1.53 bits per heavy atom. The van der Waals surface area contributed by atoms with Crippen molar-refractivity contribution in [1.82, 2.24) is 5.32 Å². The fourth-order valence-electron chi connectivity index (χ4n) is 3.26. The van der Waals surface area contributed by atoms with Crippen LogP contribution in [0.15, 0.2) is 4.99 Å². The van der Waals surface area contributed by atoms with Gasteiger partial charge in [0.1, 0.15) is 0 Å². The molecule has 1 aliphatic heterocycles. The molecule has 0 bridgehead atoms. The first-order valence-corrected chi connectivity index (χ1v) is 6.52. The van der Waals surface area contributed by atoms with E-state index < -0.39 is 0 Å². The fraction of sp³-hybridized carbons (Fsp3) is 0.846. The van der Waals surface area contributed by atoms with Gasteiger partial charge >= 0.3 is 5.97 Å². The number of carbonyl (C=O) groups excluding carboxylic acids is 1. The number of aliphatic imine (C=N–C) groups is 1. The Morgan fingerprint density at radius 2 is 2.29 bits per heavy atom. The molecule has 1 N–H and O–H groups in total. The second-order valence-electron chi connectivity index (χ2n) is 5.07. The van der Waals surface area contributed by atoms with E-state index >= 15 is 0 Å². The van der Waals surface area contributed by atoms with Gasteiger partial charge < -0.3 is 10.1 Å². The van der Waals surface area contributed by atoms with E-state index in [9.17, 15) is 4.79 Å². The summed E-state index contributed by atoms with van der Waals surface area (Å²) < 4.78 is 4.84. The van der Waals surface area contributed by atoms with Crippen molar-refractivity contribution in [3.63, 3.8) is 0 Å². The summed E-state index contributed by atoms with van der Waals surface area (Å²) in [4.78, 5) is 16.3. The van der Waals surface area contributed by atoms with Crippen LogP contribution in [-0.2, 0) is 9.53 Å². The molecule has 1 fully saturated rings. The summed E-state index contributed by atoms with van der Waals surface area (Å²) >= 11 is 0. The van der Waals surface area contributed by atoms with E-state index in [0.717, 1.165) is 25.8 Å². The quantitative estimate of drug-likeness (QED) is 0.756. The molecule has 2 rings (SSSR count). The third-order valence-electron chi connectivity index (χ3n) is 4.07. The summed E-state index contributed by atoms with van der Waals surface area (Å²) in [7, 11) is 1.47. The van der Waals surface area contributed by atoms with Gasteiger partial charge in [-0.3, -0.25) is 9.79 Å². The highest BCUT2D eigenvalue weighted by molar-refractivity contribution is 5.89. The van der Waals surface area contributed by atoms with Gasteiger partial charge in [0.15, 0.2) is 0 Å². The van der Waals surface area contributed by atoms with E-state index in [1.165, 1.54) is 12.8 Å². The van der Waals surface area contributed by atoms with E-state index in [1.54, 1.807) is 0 Å². The predicted molar refractivity (Wildman–Crippen MR) is 67.2 cm³/mol. The third kappa shape index (κ3) is 2.37. The Balaban J connectivity index is 2.02. The number of nitrogens with zero attached hydrogens (tertiary/aromatic N) is 1. The first-order chi connectivity index (χ1) is 8.17. The minimum atomic E-state index is -0.0665. The van der Waals surface area contributed by atoms with Crippen LogP contribution in [0.25, 0.3) is 0 Å². The molecule has 0 aromatic carbocycles. The van der Waals surface area contributed by atoms with Crippen molar-refractivity contribution < 1.29 is 9.53 Å². The Kier molecular flexibility index (Phi) is 3.82. The molecule has 4 heteroatoms. The highest BCUT2D eigenvalue weighted by atomic mass is 16.5. The number of nitrogens with one attached hydrogen (secondary N) is 1. The molecular weight excluding hydrogens is 216 g/mol. The fourth-order valence-corrected chi connectivity index (χ4v) is 3.26. The third-order valence-corrected chi connectivity index (χ3v) is 4.07. The second-order valence-corrected chi connectivity index (χ2v) is 5.07. The summed E-state index contributed by atoms with van der Waals surface area (Å²) in [6.07, 6.45) is 2.87. The predicted octanol–water partition coefficient (Wildman–Crippen LogP) is 1.40. The topological polar surface area (TPSA) is 50.7 Å². The van der Waals surface area contributed by atoms with Crippen molar-refractivity contribution in [2.75, 3.05) is 13.7 Å². The summed E-state index contributed by atoms with van der Waals surface area (Å²) in [5.74, 6) is 0.567. The molecule has 0 aromatic rings. The maximum absolute atomic E-state index is 11.6. The maximum atomic E-state index is 11.6. The number of hydrogen-bond donors (Lipinski definition) is 1. The SMILES string of the molecule is CCN[C@@H]1C(C)=N[C@@H]2C[C@H](C(=O)OC)CC[C@H]12. The summed E-state index contributed by atoms with van der Waals surface area (Å²) in [6.45, 7) is 5.20. The van der Waals surface area contributed by atoms with Crippen molar-refractivity contribution in [1.29, 1.82) is 0 Å². The lowest BCUT2D eigenvalue weighted by Gasteiger charge is -2.32. The molecule has 0 aromatic heterocycles. The highest BCUT2D eigenvalue weighted by Gasteiger charge is 2.42. The normalized spacial score (nSPS) is 36.3. The maximum Gasteiger partial charge on any atom is 0.308 e. The monoisotopic (exact) mass is 238 g/mol. The molecule has 0 amide bonds. The van der Waals surface area contributed by atoms with Gasteiger partial charge in [0.25, 0.3) is 0 Å². The second kappa shape index (κ2) is 5.17. The number of ether oxygens (including phenoxy) is 1. The lowest BCUT2D eigenvalue weighted by atomic mass is 9.76. The molecular formula is C13H22N2O2. The zero-order valence-electron chi connectivity index (χ0n) is 10.9. The van der Waals surface area contributed by atoms with E-state index in [1.807, 2.05) is 0 Å². The Bertz CT molecular complexity index is 327. The molecule has 17 heavy (non-hydrogen) atoms. The van der Waals surface area contributed by atoms with Crippen molar-refractivity contribution in [3.8, 4) is 0 Å². The van der Waals surface area contributed by atoms with Crippen LogP contribution in [0.4, 0.5) is 0 Å². The Labute approximate surface area is 103 Å². The van der Waals surface area contributed by atoms with Crippen molar-refractivity contribution in [2.24, 2.45) is 16.8 Å². The number of rotatable bonds is 3. The molecule has 2 aliphatic rings. The van der Waals surface area contributed by atoms with E-state index in [2.05, 4.69) is 19.2 Å². The van der Waals surface area contributed by atoms with Crippen LogP contribution < -0.4 is 5.32 Å². The van der Waals surface area contributed by atoms with Crippen LogP contribution in [0.1, 0.15) is 33.1 Å². The Hall–Kier alpha value is -0.900. The molecule has 96 valence electrons. The van der Waals surface area contributed by atoms with Gasteiger partial charge in [-0.05, 0) is 32.7 Å². The van der Waals surface area contributed by atoms with Crippen molar-refractivity contribution in [3.05, 3.63) is 0 Å². The van der Waals surface area contributed by atoms with Crippen LogP contribution in [0.2, 0.25) is 0 Å². The molecule has 0 unspecified atom stereocenters. The zero-order chi connectivity index (χ0) is 12.4. The number of fused-ring (bicyclic) bond motifs is 1. The first-order valence-electron chi connectivity index (χ1n) is 6.52. The molecule has 1 saturated carbocycles. The van der Waals surface area contributed by atoms with Crippen LogP contribution in [0.5, 0.6) is 0 Å². The largest absolute Gasteiger partial charge is 0.469 e. The van der Waals surface area contributed by atoms with Crippen LogP contribution in [-0.4, -0.2) is 37.4 Å². The highest BCUT2D eigenvalue weighted by Crippen LogP contribution is 2.37. The van der Waals surface area contributed by atoms with Gasteiger partial charge in [-0.25, -0.2) is 0 Å². The molecule has 0 saturated heterocycles. The molecule has 1 heterocycles. The molecule has 4 atom stereocenters. The van der Waals surface area contributed by atoms with Crippen LogP contribution >= 0.6 is 0 Å². The van der Waals surface area contributed by atoms with E-state index in [0.29, 0.717) is 18.0 Å². The average Bonchev–Trinajstić information content (AvgIpc) is 2.64. The minimum Gasteiger partial charge on any atom is -0.469 e. The smallest absolute Gasteiger partial charge is 0.308 e. The number of methoxy groups -OCH3 is 1. The number of hydrogen-bond acceptors (Lipinski definition) is 4. The lowest BCUT2D eigenvalue weighted by molar-refractivity contribution is -0.147. The van der Waals surface area contributed by atoms with Gasteiger partial charge in [-0.15, -0.1) is 0 Å². The average molecular weight is 238 g/mol. The number of esters is 1. The molecule has 0 radical (unpaired) electrons. The molecule has 0 spiro atoms. The Morgan fingerprint density at radius 3 is 2.94 bits per heavy atom. The van der Waals surface area contributed by atoms with Gasteiger partial charge in [0.2, 0.25) is 0 Å². The standard InChI is InChI=1S/C13H22N2O2/c1-4-14-12-8(2)15-11-7-9(13(16)17-3)5-6-10(11)12/h9-12,14H,4-7H2,1-3H3/t9-,10+,11-,12-/m1/s1. The van der Waals surface area contributed by atoms with Crippen LogP contribution in [0, 0.1) is 11.8 Å². The van der Waals surface area contributed by atoms with Crippen LogP contribution in [0.3, 0.4) is 0 Å². The van der Waals surface area contributed by atoms with Gasteiger partial charge in [0.05, 0.1) is 19.1 Å². The van der Waals surface area contributed by atoms with E-state index in [-0.39, 0.29) is 11.9 Å². The van der Waals surface area contributed by atoms with Gasteiger partial charge in [-0.2, -0.15) is 0 Å². The van der Waals surface area contributed by atoms with Crippen molar-refractivity contribution in [2.45, 2.75) is 45.2 Å². The molecule has 4 nitrogen and oxygen atoms in total. The lowest BCUT2D eigenvalue weighted by Crippen LogP contribution is -2.43. The zero-order valence-corrected chi connectivity index (χ0v) is 10.9. The summed E-state index contributed by atoms with van der Waals surface area (Å²) in [5, 5.41) is 3.50. The molecule has 1 aliphatic carbocycles. The number of carbonyl (C=O) groups is 1. The summed E-state index contributed by atoms with van der Waals surface area (Å²) in [6, 6.07) is 0.737. The first kappa shape index (κ1) is 12.6. The minimum absolute atomic E-state index is 0.0539. The van der Waals surface area contributed by atoms with Crippen molar-refractivity contribution >= 4 is 11.7 Å². The van der Waals surface area contributed by atoms with Gasteiger partial charge in [-0.1, -0.05) is 6.92 Å². The summed E-state index contributed by atoms with van der Waals surface area (Å²) in [5.41, 5.74) is 1.20.